The second-order valence-corrected chi connectivity index (χ2v) is 5.34. The van der Waals surface area contributed by atoms with Crippen LogP contribution in [0.3, 0.4) is 0 Å². The molecule has 24 heavy (non-hydrogen) atoms. The Kier molecular flexibility index (Phi) is 4.31. The lowest BCUT2D eigenvalue weighted by Crippen LogP contribution is -2.37. The predicted molar refractivity (Wildman–Crippen MR) is 80.2 cm³/mol. The lowest BCUT2D eigenvalue weighted by atomic mass is 10.1. The van der Waals surface area contributed by atoms with Gasteiger partial charge in [0, 0.05) is 13.0 Å². The zero-order valence-corrected chi connectivity index (χ0v) is 13.1. The molecule has 2 amide bonds. The maximum Gasteiger partial charge on any atom is 0.423 e. The van der Waals surface area contributed by atoms with E-state index in [2.05, 4.69) is 0 Å². The van der Waals surface area contributed by atoms with Crippen LogP contribution in [0.1, 0.15) is 19.4 Å². The van der Waals surface area contributed by atoms with Gasteiger partial charge in [0.15, 0.2) is 5.11 Å². The molecular formula is C13H10F3N3O4S. The Morgan fingerprint density at radius 3 is 2.38 bits per heavy atom. The smallest absolute Gasteiger partial charge is 0.276 e. The molecule has 11 heteroatoms. The summed E-state index contributed by atoms with van der Waals surface area (Å²) in [5.41, 5.74) is -2.94. The third-order valence-electron chi connectivity index (χ3n) is 3.44. The Hall–Kier alpha value is -2.56. The van der Waals surface area contributed by atoms with Crippen LogP contribution in [0.4, 0.5) is 24.5 Å². The molecule has 0 bridgehead atoms. The highest BCUT2D eigenvalue weighted by Gasteiger charge is 2.44. The van der Waals surface area contributed by atoms with E-state index < -0.39 is 40.2 Å². The number of rotatable bonds is 2. The van der Waals surface area contributed by atoms with Gasteiger partial charge in [0.1, 0.15) is 11.6 Å². The van der Waals surface area contributed by atoms with Crippen LogP contribution in [0.5, 0.6) is 0 Å². The van der Waals surface area contributed by atoms with Gasteiger partial charge >= 0.3 is 6.18 Å². The summed E-state index contributed by atoms with van der Waals surface area (Å²) in [5.74, 6) is -1.24. The Morgan fingerprint density at radius 2 is 1.96 bits per heavy atom. The second-order valence-electron chi connectivity index (χ2n) is 4.98. The first-order valence-corrected chi connectivity index (χ1v) is 6.91. The molecule has 2 rings (SSSR count). The number of anilines is 1. The first-order valence-electron chi connectivity index (χ1n) is 6.50. The third-order valence-corrected chi connectivity index (χ3v) is 3.82. The van der Waals surface area contributed by atoms with Crippen LogP contribution < -0.4 is 4.90 Å². The van der Waals surface area contributed by atoms with Crippen molar-refractivity contribution >= 4 is 40.5 Å². The van der Waals surface area contributed by atoms with Gasteiger partial charge in [-0.05, 0) is 31.3 Å². The molecule has 0 aromatic heterocycles. The van der Waals surface area contributed by atoms with Crippen LogP contribution in [0.25, 0.3) is 0 Å². The number of nitro groups is 1. The minimum Gasteiger partial charge on any atom is -0.276 e. The fraction of sp³-hybridized carbons (Fsp3) is 0.308. The lowest BCUT2D eigenvalue weighted by molar-refractivity contribution is -0.388. The first-order chi connectivity index (χ1) is 11.0. The summed E-state index contributed by atoms with van der Waals surface area (Å²) < 4.78 is 39.1. The Morgan fingerprint density at radius 1 is 1.38 bits per heavy atom. The molecule has 1 saturated heterocycles. The Bertz CT molecular complexity index is 765. The van der Waals surface area contributed by atoms with Crippen molar-refractivity contribution in [2.45, 2.75) is 26.1 Å². The monoisotopic (exact) mass is 361 g/mol. The normalized spacial score (nSPS) is 18.3. The van der Waals surface area contributed by atoms with E-state index in [4.69, 9.17) is 12.2 Å². The number of thiocarbonyl (C=S) groups is 1. The topological polar surface area (TPSA) is 83.8 Å². The fourth-order valence-corrected chi connectivity index (χ4v) is 2.84. The van der Waals surface area contributed by atoms with E-state index in [1.165, 1.54) is 6.92 Å². The maximum absolute atomic E-state index is 13.0. The van der Waals surface area contributed by atoms with Gasteiger partial charge in [0.2, 0.25) is 5.91 Å². The number of nitrogens with zero attached hydrogens (tertiary/aromatic N) is 3. The molecule has 0 aliphatic carbocycles. The van der Waals surface area contributed by atoms with E-state index in [0.29, 0.717) is 12.1 Å². The van der Waals surface area contributed by atoms with Crippen molar-refractivity contribution in [2.75, 3.05) is 4.90 Å². The maximum atomic E-state index is 13.0. The molecule has 1 aromatic rings. The highest BCUT2D eigenvalue weighted by Crippen LogP contribution is 2.39. The molecule has 0 unspecified atom stereocenters. The minimum atomic E-state index is -4.99. The zero-order chi connectivity index (χ0) is 18.4. The van der Waals surface area contributed by atoms with E-state index in [9.17, 15) is 32.9 Å². The van der Waals surface area contributed by atoms with Crippen LogP contribution in [-0.2, 0) is 15.8 Å². The van der Waals surface area contributed by atoms with Gasteiger partial charge in [-0.2, -0.15) is 13.2 Å². The number of hydrogen-bond donors (Lipinski definition) is 0. The standard InChI is InChI=1S/C13H10F3N3O4S/c1-6-11(21)18(12(24)17(6)7(2)20)8-3-4-10(19(22)23)9(5-8)13(14,15)16/h3-6H,1-2H3/t6-/m1/s1. The fourth-order valence-electron chi connectivity index (χ4n) is 2.36. The van der Waals surface area contributed by atoms with Crippen LogP contribution in [0, 0.1) is 10.1 Å². The molecule has 1 fully saturated rings. The molecule has 1 aliphatic rings. The van der Waals surface area contributed by atoms with Gasteiger partial charge in [-0.3, -0.25) is 29.5 Å². The van der Waals surface area contributed by atoms with Crippen molar-refractivity contribution in [2.24, 2.45) is 0 Å². The number of benzene rings is 1. The number of hydrogen-bond acceptors (Lipinski definition) is 5. The zero-order valence-electron chi connectivity index (χ0n) is 12.3. The number of nitro benzene ring substituents is 1. The summed E-state index contributed by atoms with van der Waals surface area (Å²) in [4.78, 5) is 35.1. The molecule has 128 valence electrons. The average molecular weight is 361 g/mol. The van der Waals surface area contributed by atoms with E-state index in [1.807, 2.05) is 0 Å². The van der Waals surface area contributed by atoms with Gasteiger partial charge in [0.05, 0.1) is 10.6 Å². The molecule has 1 atom stereocenters. The van der Waals surface area contributed by atoms with Crippen LogP contribution in [-0.4, -0.2) is 32.8 Å². The number of carbonyl (C=O) groups is 2. The SMILES string of the molecule is CC(=O)N1C(=S)N(c2ccc([N+](=O)[O-])c(C(F)(F)F)c2)C(=O)[C@H]1C. The van der Waals surface area contributed by atoms with Crippen molar-refractivity contribution in [3.8, 4) is 0 Å². The van der Waals surface area contributed by atoms with Crippen LogP contribution >= 0.6 is 12.2 Å². The number of alkyl halides is 3. The van der Waals surface area contributed by atoms with Crippen molar-refractivity contribution in [3.63, 3.8) is 0 Å². The molecular weight excluding hydrogens is 351 g/mol. The van der Waals surface area contributed by atoms with Gasteiger partial charge in [-0.1, -0.05) is 0 Å². The molecule has 1 aliphatic heterocycles. The van der Waals surface area contributed by atoms with Crippen LogP contribution in [0.15, 0.2) is 18.2 Å². The molecule has 0 N–H and O–H groups in total. The molecule has 1 heterocycles. The molecule has 0 spiro atoms. The average Bonchev–Trinajstić information content (AvgIpc) is 2.67. The first kappa shape index (κ1) is 17.8. The summed E-state index contributed by atoms with van der Waals surface area (Å²) >= 11 is 4.99. The Balaban J connectivity index is 2.58. The van der Waals surface area contributed by atoms with Crippen molar-refractivity contribution in [1.29, 1.82) is 0 Å². The van der Waals surface area contributed by atoms with Gasteiger partial charge in [-0.25, -0.2) is 0 Å². The summed E-state index contributed by atoms with van der Waals surface area (Å²) in [7, 11) is 0. The summed E-state index contributed by atoms with van der Waals surface area (Å²) in [6.07, 6.45) is -4.99. The van der Waals surface area contributed by atoms with E-state index in [1.54, 1.807) is 0 Å². The summed E-state index contributed by atoms with van der Waals surface area (Å²) in [6.45, 7) is 2.54. The number of carbonyl (C=O) groups excluding carboxylic acids is 2. The van der Waals surface area contributed by atoms with Crippen molar-refractivity contribution < 1.29 is 27.7 Å². The second kappa shape index (κ2) is 5.82. The van der Waals surface area contributed by atoms with E-state index >= 15 is 0 Å². The van der Waals surface area contributed by atoms with Gasteiger partial charge in [0.25, 0.3) is 11.6 Å². The Labute approximate surface area is 138 Å². The van der Waals surface area contributed by atoms with E-state index in [-0.39, 0.29) is 10.8 Å². The lowest BCUT2D eigenvalue weighted by Gasteiger charge is -2.19. The summed E-state index contributed by atoms with van der Waals surface area (Å²) in [6, 6.07) is 1.13. The molecule has 0 saturated carbocycles. The minimum absolute atomic E-state index is 0.276. The van der Waals surface area contributed by atoms with Crippen molar-refractivity contribution in [3.05, 3.63) is 33.9 Å². The van der Waals surface area contributed by atoms with E-state index in [0.717, 1.165) is 22.8 Å². The highest BCUT2D eigenvalue weighted by molar-refractivity contribution is 7.80. The third kappa shape index (κ3) is 2.82. The van der Waals surface area contributed by atoms with Crippen molar-refractivity contribution in [1.82, 2.24) is 4.90 Å². The predicted octanol–water partition coefficient (Wildman–Crippen LogP) is 2.48. The largest absolute Gasteiger partial charge is 0.423 e. The van der Waals surface area contributed by atoms with Crippen LogP contribution in [0.2, 0.25) is 0 Å². The number of amides is 2. The van der Waals surface area contributed by atoms with Gasteiger partial charge in [-0.15, -0.1) is 0 Å². The molecule has 0 radical (unpaired) electrons. The molecule has 1 aromatic carbocycles. The number of halogens is 3. The molecule has 7 nitrogen and oxygen atoms in total. The highest BCUT2D eigenvalue weighted by atomic mass is 32.1. The van der Waals surface area contributed by atoms with Gasteiger partial charge < -0.3 is 0 Å². The summed E-state index contributed by atoms with van der Waals surface area (Å²) in [5, 5.41) is 10.5. The quantitative estimate of drug-likeness (QED) is 0.459.